The van der Waals surface area contributed by atoms with Crippen LogP contribution in [0.3, 0.4) is 0 Å². The van der Waals surface area contributed by atoms with Crippen molar-refractivity contribution in [3.63, 3.8) is 0 Å². The van der Waals surface area contributed by atoms with Crippen molar-refractivity contribution < 1.29 is 18.7 Å². The molecule has 0 heterocycles. The first-order valence-corrected chi connectivity index (χ1v) is 9.07. The first-order valence-electron chi connectivity index (χ1n) is 7.92. The van der Waals surface area contributed by atoms with Gasteiger partial charge in [0.05, 0.1) is 6.42 Å². The Morgan fingerprint density at radius 2 is 1.72 bits per heavy atom. The van der Waals surface area contributed by atoms with Crippen LogP contribution in [0.4, 0.5) is 4.39 Å². The second-order valence-electron chi connectivity index (χ2n) is 5.35. The van der Waals surface area contributed by atoms with Gasteiger partial charge in [-0.2, -0.15) is 11.8 Å². The summed E-state index contributed by atoms with van der Waals surface area (Å²) in [5, 5.41) is 2.71. The summed E-state index contributed by atoms with van der Waals surface area (Å²) in [6.07, 6.45) is 0.0144. The van der Waals surface area contributed by atoms with E-state index < -0.39 is 5.97 Å². The van der Waals surface area contributed by atoms with E-state index in [1.165, 1.54) is 29.8 Å². The fourth-order valence-electron chi connectivity index (χ4n) is 2.04. The second kappa shape index (κ2) is 10.5. The van der Waals surface area contributed by atoms with Crippen LogP contribution in [0.2, 0.25) is 0 Å². The topological polar surface area (TPSA) is 55.4 Å². The summed E-state index contributed by atoms with van der Waals surface area (Å²) in [4.78, 5) is 23.3. The maximum absolute atomic E-state index is 12.8. The minimum absolute atomic E-state index is 0.0144. The van der Waals surface area contributed by atoms with Crippen molar-refractivity contribution in [2.45, 2.75) is 12.2 Å². The van der Waals surface area contributed by atoms with Gasteiger partial charge >= 0.3 is 5.97 Å². The molecule has 0 aliphatic rings. The third-order valence-corrected chi connectivity index (χ3v) is 4.34. The van der Waals surface area contributed by atoms with E-state index in [1.54, 1.807) is 11.8 Å². The maximum Gasteiger partial charge on any atom is 0.310 e. The van der Waals surface area contributed by atoms with E-state index in [9.17, 15) is 14.0 Å². The number of nitrogens with one attached hydrogen (secondary N) is 1. The lowest BCUT2D eigenvalue weighted by molar-refractivity contribution is -0.147. The molecule has 1 amide bonds. The van der Waals surface area contributed by atoms with Crippen LogP contribution < -0.4 is 5.32 Å². The molecular formula is C19H20FNO3S. The van der Waals surface area contributed by atoms with Gasteiger partial charge in [-0.15, -0.1) is 0 Å². The number of rotatable bonds is 9. The summed E-state index contributed by atoms with van der Waals surface area (Å²) >= 11 is 1.72. The molecule has 0 saturated carbocycles. The molecular weight excluding hydrogens is 341 g/mol. The first kappa shape index (κ1) is 19.0. The van der Waals surface area contributed by atoms with E-state index in [2.05, 4.69) is 17.4 Å². The average molecular weight is 361 g/mol. The third kappa shape index (κ3) is 7.85. The van der Waals surface area contributed by atoms with Gasteiger partial charge in [-0.3, -0.25) is 9.59 Å². The van der Waals surface area contributed by atoms with Crippen molar-refractivity contribution in [2.75, 3.05) is 18.9 Å². The predicted molar refractivity (Wildman–Crippen MR) is 96.7 cm³/mol. The van der Waals surface area contributed by atoms with Gasteiger partial charge in [-0.25, -0.2) is 4.39 Å². The van der Waals surface area contributed by atoms with Gasteiger partial charge in [-0.05, 0) is 23.3 Å². The molecule has 4 nitrogen and oxygen atoms in total. The molecule has 0 fully saturated rings. The molecule has 0 aliphatic carbocycles. The summed E-state index contributed by atoms with van der Waals surface area (Å²) < 4.78 is 17.7. The molecule has 0 saturated heterocycles. The van der Waals surface area contributed by atoms with Crippen molar-refractivity contribution in [1.29, 1.82) is 0 Å². The molecule has 0 aromatic heterocycles. The third-order valence-electron chi connectivity index (χ3n) is 3.31. The summed E-state index contributed by atoms with van der Waals surface area (Å²) in [6.45, 7) is 0.217. The van der Waals surface area contributed by atoms with E-state index in [0.717, 1.165) is 11.5 Å². The van der Waals surface area contributed by atoms with Crippen LogP contribution in [0, 0.1) is 5.82 Å². The normalized spacial score (nSPS) is 10.3. The van der Waals surface area contributed by atoms with Gasteiger partial charge in [0, 0.05) is 18.1 Å². The van der Waals surface area contributed by atoms with Gasteiger partial charge in [0.2, 0.25) is 0 Å². The van der Waals surface area contributed by atoms with Crippen LogP contribution >= 0.6 is 11.8 Å². The number of ether oxygens (including phenoxy) is 1. The average Bonchev–Trinajstić information content (AvgIpc) is 2.62. The molecule has 0 aliphatic heterocycles. The Balaban J connectivity index is 1.54. The largest absolute Gasteiger partial charge is 0.455 e. The molecule has 2 aromatic rings. The second-order valence-corrected chi connectivity index (χ2v) is 6.46. The van der Waals surface area contributed by atoms with E-state index >= 15 is 0 Å². The number of thioether (sulfide) groups is 1. The lowest BCUT2D eigenvalue weighted by Crippen LogP contribution is -2.30. The Bertz CT molecular complexity index is 677. The van der Waals surface area contributed by atoms with Crippen LogP contribution in [0.5, 0.6) is 0 Å². The van der Waals surface area contributed by atoms with Gasteiger partial charge in [0.15, 0.2) is 6.61 Å². The molecule has 1 N–H and O–H groups in total. The standard InChI is InChI=1S/C19H20FNO3S/c20-17-8-6-15(7-9-17)12-19(23)24-13-18(22)21-10-11-25-14-16-4-2-1-3-5-16/h1-9H,10-14H2,(H,21,22). The smallest absolute Gasteiger partial charge is 0.310 e. The molecule has 6 heteroatoms. The molecule has 25 heavy (non-hydrogen) atoms. The van der Waals surface area contributed by atoms with Gasteiger partial charge in [0.25, 0.3) is 5.91 Å². The summed E-state index contributed by atoms with van der Waals surface area (Å²) in [5.74, 6) is 0.475. The van der Waals surface area contributed by atoms with Crippen molar-refractivity contribution >= 4 is 23.6 Å². The van der Waals surface area contributed by atoms with E-state index in [0.29, 0.717) is 12.1 Å². The lowest BCUT2D eigenvalue weighted by Gasteiger charge is -2.07. The van der Waals surface area contributed by atoms with E-state index in [4.69, 9.17) is 4.74 Å². The summed E-state index contributed by atoms with van der Waals surface area (Å²) in [5.41, 5.74) is 1.89. The molecule has 2 rings (SSSR count). The summed E-state index contributed by atoms with van der Waals surface area (Å²) in [7, 11) is 0. The Kier molecular flexibility index (Phi) is 7.98. The highest BCUT2D eigenvalue weighted by molar-refractivity contribution is 7.98. The quantitative estimate of drug-likeness (QED) is 0.551. The van der Waals surface area contributed by atoms with Crippen LogP contribution in [-0.4, -0.2) is 30.8 Å². The van der Waals surface area contributed by atoms with Crippen LogP contribution in [0.25, 0.3) is 0 Å². The molecule has 132 valence electrons. The van der Waals surface area contributed by atoms with Crippen LogP contribution in [-0.2, 0) is 26.5 Å². The molecule has 0 spiro atoms. The van der Waals surface area contributed by atoms with E-state index in [1.807, 2.05) is 18.2 Å². The van der Waals surface area contributed by atoms with Gasteiger partial charge in [0.1, 0.15) is 5.82 Å². The highest BCUT2D eigenvalue weighted by Gasteiger charge is 2.08. The molecule has 0 atom stereocenters. The predicted octanol–water partition coefficient (Wildman–Crippen LogP) is 2.96. The lowest BCUT2D eigenvalue weighted by atomic mass is 10.1. The SMILES string of the molecule is O=C(COC(=O)Cc1ccc(F)cc1)NCCSCc1ccccc1. The Hall–Kier alpha value is -2.34. The molecule has 0 radical (unpaired) electrons. The number of hydrogen-bond acceptors (Lipinski definition) is 4. The first-order chi connectivity index (χ1) is 12.1. The Morgan fingerprint density at radius 1 is 1.00 bits per heavy atom. The van der Waals surface area contributed by atoms with Crippen molar-refractivity contribution in [3.05, 3.63) is 71.5 Å². The zero-order chi connectivity index (χ0) is 17.9. The number of carbonyl (C=O) groups is 2. The molecule has 0 unspecified atom stereocenters. The number of benzene rings is 2. The zero-order valence-electron chi connectivity index (χ0n) is 13.7. The number of amides is 1. The minimum atomic E-state index is -0.514. The molecule has 2 aromatic carbocycles. The van der Waals surface area contributed by atoms with Crippen LogP contribution in [0.1, 0.15) is 11.1 Å². The highest BCUT2D eigenvalue weighted by Crippen LogP contribution is 2.10. The maximum atomic E-state index is 12.8. The fraction of sp³-hybridized carbons (Fsp3) is 0.263. The van der Waals surface area contributed by atoms with Gasteiger partial charge < -0.3 is 10.1 Å². The Labute approximate surface area is 150 Å². The number of halogens is 1. The van der Waals surface area contributed by atoms with Crippen molar-refractivity contribution in [3.8, 4) is 0 Å². The number of carbonyl (C=O) groups excluding carboxylic acids is 2. The fourth-order valence-corrected chi connectivity index (χ4v) is 2.86. The number of hydrogen-bond donors (Lipinski definition) is 1. The van der Waals surface area contributed by atoms with Crippen molar-refractivity contribution in [2.24, 2.45) is 0 Å². The van der Waals surface area contributed by atoms with Crippen molar-refractivity contribution in [1.82, 2.24) is 5.32 Å². The summed E-state index contributed by atoms with van der Waals surface area (Å²) in [6, 6.07) is 15.7. The van der Waals surface area contributed by atoms with E-state index in [-0.39, 0.29) is 24.8 Å². The highest BCUT2D eigenvalue weighted by atomic mass is 32.2. The number of esters is 1. The zero-order valence-corrected chi connectivity index (χ0v) is 14.6. The molecule has 0 bridgehead atoms. The monoisotopic (exact) mass is 361 g/mol. The van der Waals surface area contributed by atoms with Gasteiger partial charge in [-0.1, -0.05) is 42.5 Å². The van der Waals surface area contributed by atoms with Crippen LogP contribution in [0.15, 0.2) is 54.6 Å². The minimum Gasteiger partial charge on any atom is -0.455 e. The Morgan fingerprint density at radius 3 is 2.44 bits per heavy atom.